The highest BCUT2D eigenvalue weighted by molar-refractivity contribution is 5.98. The summed E-state index contributed by atoms with van der Waals surface area (Å²) in [4.78, 5) is 12.7. The van der Waals surface area contributed by atoms with E-state index in [2.05, 4.69) is 0 Å². The molecule has 2 unspecified atom stereocenters. The van der Waals surface area contributed by atoms with Crippen LogP contribution in [0.15, 0.2) is 18.2 Å². The number of ketones is 1. The fourth-order valence-corrected chi connectivity index (χ4v) is 3.08. The van der Waals surface area contributed by atoms with Crippen LogP contribution in [-0.4, -0.2) is 25.5 Å². The van der Waals surface area contributed by atoms with Crippen molar-refractivity contribution in [1.29, 1.82) is 0 Å². The molecule has 1 aliphatic carbocycles. The van der Waals surface area contributed by atoms with Crippen LogP contribution in [0, 0.1) is 11.8 Å². The maximum atomic E-state index is 12.7. The third kappa shape index (κ3) is 3.56. The minimum absolute atomic E-state index is 0.0578. The highest BCUT2D eigenvalue weighted by Gasteiger charge is 2.32. The van der Waals surface area contributed by atoms with Crippen molar-refractivity contribution in [1.82, 2.24) is 0 Å². The van der Waals surface area contributed by atoms with Gasteiger partial charge in [0.05, 0.1) is 13.2 Å². The summed E-state index contributed by atoms with van der Waals surface area (Å²) >= 11 is 0. The van der Waals surface area contributed by atoms with Crippen molar-refractivity contribution in [3.8, 4) is 11.5 Å². The zero-order valence-corrected chi connectivity index (χ0v) is 12.9. The second kappa shape index (κ2) is 7.46. The zero-order chi connectivity index (χ0) is 15.2. The zero-order valence-electron chi connectivity index (χ0n) is 12.9. The molecule has 2 rings (SSSR count). The lowest BCUT2D eigenvalue weighted by Crippen LogP contribution is -2.25. The number of Topliss-reactive ketones (excluding diaryl/α,β-unsaturated/α-hetero) is 1. The van der Waals surface area contributed by atoms with Gasteiger partial charge in [0.15, 0.2) is 17.3 Å². The third-order valence-corrected chi connectivity index (χ3v) is 4.13. The van der Waals surface area contributed by atoms with Crippen molar-refractivity contribution < 1.29 is 14.3 Å². The van der Waals surface area contributed by atoms with Gasteiger partial charge in [0.25, 0.3) is 0 Å². The van der Waals surface area contributed by atoms with Gasteiger partial charge in [-0.2, -0.15) is 0 Å². The van der Waals surface area contributed by atoms with E-state index in [1.165, 1.54) is 0 Å². The Hall–Kier alpha value is -1.55. The number of carbonyl (C=O) groups is 1. The van der Waals surface area contributed by atoms with Crippen LogP contribution in [0.3, 0.4) is 0 Å². The average molecular weight is 291 g/mol. The lowest BCUT2D eigenvalue weighted by molar-refractivity contribution is 0.0893. The first-order valence-corrected chi connectivity index (χ1v) is 7.85. The van der Waals surface area contributed by atoms with E-state index >= 15 is 0 Å². The van der Waals surface area contributed by atoms with Gasteiger partial charge in [-0.15, -0.1) is 0 Å². The van der Waals surface area contributed by atoms with Crippen molar-refractivity contribution in [3.63, 3.8) is 0 Å². The van der Waals surface area contributed by atoms with Crippen molar-refractivity contribution in [2.45, 2.75) is 33.1 Å². The summed E-state index contributed by atoms with van der Waals surface area (Å²) in [5.74, 6) is 1.90. The first kappa shape index (κ1) is 15.8. The Labute approximate surface area is 126 Å². The molecule has 0 spiro atoms. The summed E-state index contributed by atoms with van der Waals surface area (Å²) in [5.41, 5.74) is 6.49. The summed E-state index contributed by atoms with van der Waals surface area (Å²) in [5, 5.41) is 0. The van der Waals surface area contributed by atoms with Crippen LogP contribution in [-0.2, 0) is 0 Å². The second-order valence-corrected chi connectivity index (χ2v) is 5.42. The smallest absolute Gasteiger partial charge is 0.166 e. The molecule has 1 saturated carbocycles. The minimum atomic E-state index is 0.0578. The molecule has 0 amide bonds. The topological polar surface area (TPSA) is 61.5 Å². The fraction of sp³-hybridized carbons (Fsp3) is 0.588. The highest BCUT2D eigenvalue weighted by Crippen LogP contribution is 2.35. The van der Waals surface area contributed by atoms with Crippen LogP contribution in [0.4, 0.5) is 0 Å². The molecule has 0 aliphatic heterocycles. The quantitative estimate of drug-likeness (QED) is 0.784. The number of rotatable bonds is 7. The normalized spacial score (nSPS) is 21.3. The van der Waals surface area contributed by atoms with Crippen molar-refractivity contribution in [2.24, 2.45) is 17.6 Å². The Morgan fingerprint density at radius 3 is 2.57 bits per heavy atom. The molecule has 0 heterocycles. The van der Waals surface area contributed by atoms with Crippen molar-refractivity contribution in [2.75, 3.05) is 19.8 Å². The largest absolute Gasteiger partial charge is 0.490 e. The molecule has 116 valence electrons. The van der Waals surface area contributed by atoms with Gasteiger partial charge < -0.3 is 15.2 Å². The average Bonchev–Trinajstić information content (AvgIpc) is 2.97. The SMILES string of the molecule is CCOc1ccc(C(=O)C2CCCC2CN)cc1OCC. The molecule has 21 heavy (non-hydrogen) atoms. The predicted octanol–water partition coefficient (Wildman–Crippen LogP) is 3.04. The molecule has 2 atom stereocenters. The Morgan fingerprint density at radius 2 is 1.90 bits per heavy atom. The van der Waals surface area contributed by atoms with Gasteiger partial charge in [0, 0.05) is 11.5 Å². The summed E-state index contributed by atoms with van der Waals surface area (Å²) < 4.78 is 11.1. The van der Waals surface area contributed by atoms with E-state index in [1.54, 1.807) is 0 Å². The number of ether oxygens (including phenoxy) is 2. The molecular formula is C17H25NO3. The summed E-state index contributed by atoms with van der Waals surface area (Å²) in [6, 6.07) is 5.47. The first-order valence-electron chi connectivity index (χ1n) is 7.85. The molecule has 2 N–H and O–H groups in total. The Balaban J connectivity index is 2.22. The van der Waals surface area contributed by atoms with Crippen LogP contribution in [0.1, 0.15) is 43.5 Å². The van der Waals surface area contributed by atoms with Crippen LogP contribution in [0.5, 0.6) is 11.5 Å². The summed E-state index contributed by atoms with van der Waals surface area (Å²) in [7, 11) is 0. The number of benzene rings is 1. The lowest BCUT2D eigenvalue weighted by atomic mass is 9.88. The number of nitrogens with two attached hydrogens (primary N) is 1. The van der Waals surface area contributed by atoms with Crippen LogP contribution >= 0.6 is 0 Å². The molecule has 4 heteroatoms. The molecule has 1 aromatic carbocycles. The van der Waals surface area contributed by atoms with E-state index in [4.69, 9.17) is 15.2 Å². The van der Waals surface area contributed by atoms with E-state index in [0.717, 1.165) is 19.3 Å². The minimum Gasteiger partial charge on any atom is -0.490 e. The second-order valence-electron chi connectivity index (χ2n) is 5.42. The Kier molecular flexibility index (Phi) is 5.62. The van der Waals surface area contributed by atoms with Gasteiger partial charge >= 0.3 is 0 Å². The molecule has 0 radical (unpaired) electrons. The van der Waals surface area contributed by atoms with Gasteiger partial charge in [-0.1, -0.05) is 6.42 Å². The van der Waals surface area contributed by atoms with Gasteiger partial charge in [-0.3, -0.25) is 4.79 Å². The molecule has 0 bridgehead atoms. The molecular weight excluding hydrogens is 266 g/mol. The number of hydrogen-bond donors (Lipinski definition) is 1. The third-order valence-electron chi connectivity index (χ3n) is 4.13. The van der Waals surface area contributed by atoms with Crippen LogP contribution in [0.25, 0.3) is 0 Å². The van der Waals surface area contributed by atoms with E-state index in [1.807, 2.05) is 32.0 Å². The summed E-state index contributed by atoms with van der Waals surface area (Å²) in [6.45, 7) is 5.56. The first-order chi connectivity index (χ1) is 10.2. The van der Waals surface area contributed by atoms with Gasteiger partial charge in [0.2, 0.25) is 0 Å². The lowest BCUT2D eigenvalue weighted by Gasteiger charge is -2.18. The van der Waals surface area contributed by atoms with Crippen molar-refractivity contribution in [3.05, 3.63) is 23.8 Å². The Morgan fingerprint density at radius 1 is 1.19 bits per heavy atom. The van der Waals surface area contributed by atoms with Crippen LogP contribution in [0.2, 0.25) is 0 Å². The van der Waals surface area contributed by atoms with Crippen LogP contribution < -0.4 is 15.2 Å². The van der Waals surface area contributed by atoms with Gasteiger partial charge in [-0.25, -0.2) is 0 Å². The fourth-order valence-electron chi connectivity index (χ4n) is 3.08. The van der Waals surface area contributed by atoms with Crippen molar-refractivity contribution >= 4 is 5.78 Å². The van der Waals surface area contributed by atoms with E-state index in [0.29, 0.717) is 42.7 Å². The molecule has 1 aliphatic rings. The Bertz CT molecular complexity index is 487. The molecule has 4 nitrogen and oxygen atoms in total. The van der Waals surface area contributed by atoms with Gasteiger partial charge in [0.1, 0.15) is 0 Å². The standard InChI is InChI=1S/C17H25NO3/c1-3-20-15-9-8-12(10-16(15)21-4-2)17(19)14-7-5-6-13(14)11-18/h8-10,13-14H,3-7,11,18H2,1-2H3. The predicted molar refractivity (Wildman–Crippen MR) is 83.0 cm³/mol. The number of carbonyl (C=O) groups excluding carboxylic acids is 1. The molecule has 1 aromatic rings. The number of hydrogen-bond acceptors (Lipinski definition) is 4. The monoisotopic (exact) mass is 291 g/mol. The molecule has 0 aromatic heterocycles. The van der Waals surface area contributed by atoms with E-state index in [-0.39, 0.29) is 11.7 Å². The molecule has 1 fully saturated rings. The summed E-state index contributed by atoms with van der Waals surface area (Å²) in [6.07, 6.45) is 3.09. The van der Waals surface area contributed by atoms with E-state index in [9.17, 15) is 4.79 Å². The maximum absolute atomic E-state index is 12.7. The van der Waals surface area contributed by atoms with Gasteiger partial charge in [-0.05, 0) is 57.4 Å². The molecule has 0 saturated heterocycles. The highest BCUT2D eigenvalue weighted by atomic mass is 16.5. The van der Waals surface area contributed by atoms with E-state index < -0.39 is 0 Å². The maximum Gasteiger partial charge on any atom is 0.166 e.